The van der Waals surface area contributed by atoms with Gasteiger partial charge in [0.15, 0.2) is 0 Å². The minimum atomic E-state index is -3.60. The van der Waals surface area contributed by atoms with Crippen molar-refractivity contribution in [2.24, 2.45) is 0 Å². The molecule has 0 unspecified atom stereocenters. The summed E-state index contributed by atoms with van der Waals surface area (Å²) in [5.74, 6) is 0. The number of nitrogens with one attached hydrogen (secondary N) is 2. The molecule has 2 aromatic heterocycles. The highest BCUT2D eigenvalue weighted by atomic mass is 32.2. The van der Waals surface area contributed by atoms with Gasteiger partial charge in [0.05, 0.1) is 4.88 Å². The van der Waals surface area contributed by atoms with E-state index in [-0.39, 0.29) is 4.21 Å². The Hall–Kier alpha value is -2.12. The number of aromatic amines is 1. The van der Waals surface area contributed by atoms with Crippen molar-refractivity contribution < 1.29 is 8.42 Å². The molecule has 5 nitrogen and oxygen atoms in total. The molecule has 0 radical (unpaired) electrons. The third kappa shape index (κ3) is 3.22. The largest absolute Gasteiger partial charge is 0.282 e. The molecule has 0 atom stereocenters. The number of aryl methyl sites for hydroxylation is 2. The Balaban J connectivity index is 1.89. The lowest BCUT2D eigenvalue weighted by molar-refractivity contribution is 0.603. The van der Waals surface area contributed by atoms with Crippen LogP contribution >= 0.6 is 11.3 Å². The zero-order valence-corrected chi connectivity index (χ0v) is 15.4. The lowest BCUT2D eigenvalue weighted by Crippen LogP contribution is -2.11. The molecule has 126 valence electrons. The first-order valence-electron chi connectivity index (χ1n) is 7.64. The van der Waals surface area contributed by atoms with E-state index in [1.165, 1.54) is 11.3 Å². The number of hydrogen-bond acceptors (Lipinski definition) is 4. The third-order valence-corrected chi connectivity index (χ3v) is 6.89. The van der Waals surface area contributed by atoms with Crippen LogP contribution in [0.3, 0.4) is 0 Å². The first kappa shape index (κ1) is 16.7. The Morgan fingerprint density at radius 1 is 1.21 bits per heavy atom. The fraction of sp³-hybridized carbons (Fsp3) is 0.235. The molecule has 0 aliphatic rings. The van der Waals surface area contributed by atoms with Crippen LogP contribution in [0.1, 0.15) is 23.7 Å². The second kappa shape index (κ2) is 6.41. The van der Waals surface area contributed by atoms with E-state index in [9.17, 15) is 8.42 Å². The minimum absolute atomic E-state index is 0.277. The predicted molar refractivity (Wildman–Crippen MR) is 98.0 cm³/mol. The Morgan fingerprint density at radius 3 is 2.67 bits per heavy atom. The Bertz CT molecular complexity index is 971. The summed E-state index contributed by atoms with van der Waals surface area (Å²) in [4.78, 5) is 0.833. The van der Waals surface area contributed by atoms with E-state index in [0.717, 1.165) is 33.8 Å². The fourth-order valence-electron chi connectivity index (χ4n) is 2.38. The van der Waals surface area contributed by atoms with Gasteiger partial charge in [0.25, 0.3) is 10.0 Å². The van der Waals surface area contributed by atoms with E-state index >= 15 is 0 Å². The SMILES string of the molecule is CCc1cccc(NS(=O)(=O)c2ccc(-c3n[nH]c(C)c3C)s2)c1. The number of hydrogen-bond donors (Lipinski definition) is 2. The van der Waals surface area contributed by atoms with Gasteiger partial charge in [-0.2, -0.15) is 5.10 Å². The Morgan fingerprint density at radius 2 is 2.00 bits per heavy atom. The molecule has 3 aromatic rings. The molecule has 24 heavy (non-hydrogen) atoms. The molecular weight excluding hydrogens is 342 g/mol. The first-order chi connectivity index (χ1) is 11.4. The maximum Gasteiger partial charge on any atom is 0.271 e. The van der Waals surface area contributed by atoms with Crippen molar-refractivity contribution in [3.63, 3.8) is 0 Å². The molecule has 0 bridgehead atoms. The minimum Gasteiger partial charge on any atom is -0.282 e. The van der Waals surface area contributed by atoms with E-state index in [0.29, 0.717) is 5.69 Å². The number of sulfonamides is 1. The molecule has 2 N–H and O–H groups in total. The number of benzene rings is 1. The standard InChI is InChI=1S/C17H19N3O2S2/c1-4-13-6-5-7-14(10-13)20-24(21,22)16-9-8-15(23-16)17-11(2)12(3)18-19-17/h5-10,20H,4H2,1-3H3,(H,18,19). The second-order valence-electron chi connectivity index (χ2n) is 5.60. The molecule has 0 spiro atoms. The molecule has 0 saturated carbocycles. The molecule has 0 aliphatic carbocycles. The Kier molecular flexibility index (Phi) is 4.47. The lowest BCUT2D eigenvalue weighted by atomic mass is 10.1. The van der Waals surface area contributed by atoms with Gasteiger partial charge in [-0.15, -0.1) is 11.3 Å². The van der Waals surface area contributed by atoms with E-state index in [1.54, 1.807) is 18.2 Å². The predicted octanol–water partition coefficient (Wildman–Crippen LogP) is 4.12. The van der Waals surface area contributed by atoms with Crippen LogP contribution in [-0.2, 0) is 16.4 Å². The van der Waals surface area contributed by atoms with Crippen LogP contribution in [0.25, 0.3) is 10.6 Å². The molecule has 1 aromatic carbocycles. The zero-order valence-electron chi connectivity index (χ0n) is 13.8. The molecule has 2 heterocycles. The molecule has 0 saturated heterocycles. The zero-order chi connectivity index (χ0) is 17.3. The molecule has 0 amide bonds. The lowest BCUT2D eigenvalue weighted by Gasteiger charge is -2.07. The van der Waals surface area contributed by atoms with Gasteiger partial charge in [0.2, 0.25) is 0 Å². The quantitative estimate of drug-likeness (QED) is 0.718. The van der Waals surface area contributed by atoms with Crippen LogP contribution in [0.2, 0.25) is 0 Å². The van der Waals surface area contributed by atoms with E-state index < -0.39 is 10.0 Å². The third-order valence-electron chi connectivity index (χ3n) is 3.92. The van der Waals surface area contributed by atoms with Gasteiger partial charge in [-0.25, -0.2) is 8.42 Å². The van der Waals surface area contributed by atoms with E-state index in [4.69, 9.17) is 0 Å². The highest BCUT2D eigenvalue weighted by molar-refractivity contribution is 7.94. The van der Waals surface area contributed by atoms with Crippen LogP contribution in [0.5, 0.6) is 0 Å². The molecular formula is C17H19N3O2S2. The van der Waals surface area contributed by atoms with Crippen molar-refractivity contribution in [2.75, 3.05) is 4.72 Å². The van der Waals surface area contributed by atoms with E-state index in [1.807, 2.05) is 39.0 Å². The number of rotatable bonds is 5. The van der Waals surface area contributed by atoms with Crippen LogP contribution in [0.15, 0.2) is 40.6 Å². The molecule has 0 fully saturated rings. The van der Waals surface area contributed by atoms with Gasteiger partial charge in [0.1, 0.15) is 9.90 Å². The fourth-order valence-corrected chi connectivity index (χ4v) is 4.78. The van der Waals surface area contributed by atoms with Crippen molar-refractivity contribution in [3.8, 4) is 10.6 Å². The maximum atomic E-state index is 12.6. The van der Waals surface area contributed by atoms with Crippen LogP contribution in [0, 0.1) is 13.8 Å². The molecule has 7 heteroatoms. The van der Waals surface area contributed by atoms with Crippen molar-refractivity contribution in [1.82, 2.24) is 10.2 Å². The average Bonchev–Trinajstić information content (AvgIpc) is 3.16. The normalized spacial score (nSPS) is 11.6. The summed E-state index contributed by atoms with van der Waals surface area (Å²) < 4.78 is 28.1. The van der Waals surface area contributed by atoms with Gasteiger partial charge in [0, 0.05) is 11.4 Å². The average molecular weight is 361 g/mol. The topological polar surface area (TPSA) is 74.8 Å². The van der Waals surface area contributed by atoms with Gasteiger partial charge < -0.3 is 0 Å². The Labute approximate surface area is 145 Å². The summed E-state index contributed by atoms with van der Waals surface area (Å²) in [6.07, 6.45) is 0.858. The van der Waals surface area contributed by atoms with E-state index in [2.05, 4.69) is 14.9 Å². The van der Waals surface area contributed by atoms with Gasteiger partial charge in [-0.05, 0) is 55.7 Å². The summed E-state index contributed by atoms with van der Waals surface area (Å²) >= 11 is 1.22. The van der Waals surface area contributed by atoms with Crippen molar-refractivity contribution in [1.29, 1.82) is 0 Å². The van der Waals surface area contributed by atoms with Crippen molar-refractivity contribution in [3.05, 3.63) is 53.2 Å². The smallest absolute Gasteiger partial charge is 0.271 e. The highest BCUT2D eigenvalue weighted by Gasteiger charge is 2.19. The molecule has 0 aliphatic heterocycles. The van der Waals surface area contributed by atoms with Crippen molar-refractivity contribution in [2.45, 2.75) is 31.4 Å². The summed E-state index contributed by atoms with van der Waals surface area (Å²) in [5.41, 5.74) is 4.48. The van der Waals surface area contributed by atoms with Gasteiger partial charge in [-0.3, -0.25) is 9.82 Å². The van der Waals surface area contributed by atoms with Crippen LogP contribution in [0.4, 0.5) is 5.69 Å². The van der Waals surface area contributed by atoms with Gasteiger partial charge in [-0.1, -0.05) is 19.1 Å². The van der Waals surface area contributed by atoms with Crippen LogP contribution < -0.4 is 4.72 Å². The van der Waals surface area contributed by atoms with Crippen LogP contribution in [-0.4, -0.2) is 18.6 Å². The second-order valence-corrected chi connectivity index (χ2v) is 8.59. The monoisotopic (exact) mass is 361 g/mol. The molecule has 3 rings (SSSR count). The summed E-state index contributed by atoms with van der Waals surface area (Å²) in [6, 6.07) is 10.9. The summed E-state index contributed by atoms with van der Waals surface area (Å²) in [5, 5.41) is 7.19. The highest BCUT2D eigenvalue weighted by Crippen LogP contribution is 2.33. The number of anilines is 1. The van der Waals surface area contributed by atoms with Crippen molar-refractivity contribution >= 4 is 27.0 Å². The number of aromatic nitrogens is 2. The number of thiophene rings is 1. The number of H-pyrrole nitrogens is 1. The first-order valence-corrected chi connectivity index (χ1v) is 9.94. The summed E-state index contributed by atoms with van der Waals surface area (Å²) in [6.45, 7) is 5.95. The summed E-state index contributed by atoms with van der Waals surface area (Å²) in [7, 11) is -3.60. The maximum absolute atomic E-state index is 12.6. The number of nitrogens with zero attached hydrogens (tertiary/aromatic N) is 1. The van der Waals surface area contributed by atoms with Gasteiger partial charge >= 0.3 is 0 Å².